The number of nitrogens with one attached hydrogen (secondary N) is 1. The fraction of sp³-hybridized carbons (Fsp3) is 0.417. The first-order chi connectivity index (χ1) is 7.85. The SMILES string of the molecule is COC(C)(C)CNc1ccc(C(=O)O)cc1Cl. The van der Waals surface area contributed by atoms with Crippen molar-refractivity contribution < 1.29 is 14.6 Å². The number of ether oxygens (including phenoxy) is 1. The van der Waals surface area contributed by atoms with Gasteiger partial charge in [-0.1, -0.05) is 11.6 Å². The molecule has 0 amide bonds. The number of hydrogen-bond donors (Lipinski definition) is 2. The zero-order valence-corrected chi connectivity index (χ0v) is 10.8. The third kappa shape index (κ3) is 3.91. The molecule has 0 aliphatic heterocycles. The minimum Gasteiger partial charge on any atom is -0.478 e. The molecule has 2 N–H and O–H groups in total. The molecule has 0 aromatic heterocycles. The summed E-state index contributed by atoms with van der Waals surface area (Å²) in [5.74, 6) is -0.990. The molecular formula is C12H16ClNO3. The number of carboxylic acid groups (broad SMARTS) is 1. The molecule has 1 aromatic carbocycles. The summed E-state index contributed by atoms with van der Waals surface area (Å²) < 4.78 is 5.26. The van der Waals surface area contributed by atoms with Crippen molar-refractivity contribution in [2.45, 2.75) is 19.4 Å². The number of halogens is 1. The second kappa shape index (κ2) is 5.38. The van der Waals surface area contributed by atoms with Crippen LogP contribution in [0.5, 0.6) is 0 Å². The van der Waals surface area contributed by atoms with Gasteiger partial charge in [-0.25, -0.2) is 4.79 Å². The van der Waals surface area contributed by atoms with Gasteiger partial charge < -0.3 is 15.2 Å². The van der Waals surface area contributed by atoms with E-state index in [2.05, 4.69) is 5.32 Å². The zero-order valence-electron chi connectivity index (χ0n) is 10.1. The van der Waals surface area contributed by atoms with Gasteiger partial charge in [0.25, 0.3) is 0 Å². The smallest absolute Gasteiger partial charge is 0.335 e. The average Bonchev–Trinajstić information content (AvgIpc) is 2.27. The van der Waals surface area contributed by atoms with Gasteiger partial charge in [-0.05, 0) is 32.0 Å². The Kier molecular flexibility index (Phi) is 4.37. The monoisotopic (exact) mass is 257 g/mol. The molecular weight excluding hydrogens is 242 g/mol. The van der Waals surface area contributed by atoms with Crippen LogP contribution < -0.4 is 5.32 Å². The van der Waals surface area contributed by atoms with E-state index in [0.29, 0.717) is 17.3 Å². The molecule has 5 heteroatoms. The molecule has 0 saturated carbocycles. The summed E-state index contributed by atoms with van der Waals surface area (Å²) in [7, 11) is 1.64. The van der Waals surface area contributed by atoms with E-state index in [1.807, 2.05) is 13.8 Å². The first kappa shape index (κ1) is 13.8. The summed E-state index contributed by atoms with van der Waals surface area (Å²) in [5, 5.41) is 12.3. The van der Waals surface area contributed by atoms with Crippen LogP contribution in [0.15, 0.2) is 18.2 Å². The largest absolute Gasteiger partial charge is 0.478 e. The fourth-order valence-electron chi connectivity index (χ4n) is 1.17. The number of carboxylic acids is 1. The molecule has 4 nitrogen and oxygen atoms in total. The molecule has 1 rings (SSSR count). The first-order valence-electron chi connectivity index (χ1n) is 5.17. The lowest BCUT2D eigenvalue weighted by Gasteiger charge is -2.24. The van der Waals surface area contributed by atoms with Crippen LogP contribution in [0, 0.1) is 0 Å². The first-order valence-corrected chi connectivity index (χ1v) is 5.55. The van der Waals surface area contributed by atoms with E-state index in [0.717, 1.165) is 0 Å². The van der Waals surface area contributed by atoms with E-state index in [1.165, 1.54) is 12.1 Å². The molecule has 0 spiro atoms. The van der Waals surface area contributed by atoms with Crippen LogP contribution in [0.2, 0.25) is 5.02 Å². The Balaban J connectivity index is 2.77. The average molecular weight is 258 g/mol. The van der Waals surface area contributed by atoms with E-state index in [-0.39, 0.29) is 11.2 Å². The number of methoxy groups -OCH3 is 1. The van der Waals surface area contributed by atoms with Crippen molar-refractivity contribution in [1.29, 1.82) is 0 Å². The molecule has 0 fully saturated rings. The highest BCUT2D eigenvalue weighted by Crippen LogP contribution is 2.24. The van der Waals surface area contributed by atoms with E-state index < -0.39 is 5.97 Å². The van der Waals surface area contributed by atoms with Crippen molar-refractivity contribution >= 4 is 23.3 Å². The van der Waals surface area contributed by atoms with Gasteiger partial charge in [-0.3, -0.25) is 0 Å². The Hall–Kier alpha value is -1.26. The van der Waals surface area contributed by atoms with Gasteiger partial charge >= 0.3 is 5.97 Å². The van der Waals surface area contributed by atoms with Gasteiger partial charge in [0.15, 0.2) is 0 Å². The quantitative estimate of drug-likeness (QED) is 0.852. The van der Waals surface area contributed by atoms with Crippen LogP contribution in [-0.2, 0) is 4.74 Å². The predicted molar refractivity (Wildman–Crippen MR) is 68.0 cm³/mol. The summed E-state index contributed by atoms with van der Waals surface area (Å²) in [6.07, 6.45) is 0. The van der Waals surface area contributed by atoms with Crippen molar-refractivity contribution in [2.24, 2.45) is 0 Å². The third-order valence-electron chi connectivity index (χ3n) is 2.47. The molecule has 0 atom stereocenters. The Morgan fingerprint density at radius 2 is 2.18 bits per heavy atom. The van der Waals surface area contributed by atoms with Gasteiger partial charge in [0.1, 0.15) is 0 Å². The summed E-state index contributed by atoms with van der Waals surface area (Å²) in [4.78, 5) is 10.7. The molecule has 0 unspecified atom stereocenters. The topological polar surface area (TPSA) is 58.6 Å². The maximum absolute atomic E-state index is 10.7. The van der Waals surface area contributed by atoms with Crippen molar-refractivity contribution in [2.75, 3.05) is 19.0 Å². The van der Waals surface area contributed by atoms with Crippen molar-refractivity contribution in [3.05, 3.63) is 28.8 Å². The predicted octanol–water partition coefficient (Wildman–Crippen LogP) is 2.88. The minimum atomic E-state index is -0.990. The van der Waals surface area contributed by atoms with Gasteiger partial charge in [0.2, 0.25) is 0 Å². The highest BCUT2D eigenvalue weighted by atomic mass is 35.5. The molecule has 0 saturated heterocycles. The van der Waals surface area contributed by atoms with Crippen LogP contribution >= 0.6 is 11.6 Å². The number of hydrogen-bond acceptors (Lipinski definition) is 3. The van der Waals surface area contributed by atoms with Crippen LogP contribution in [0.1, 0.15) is 24.2 Å². The molecule has 1 aromatic rings. The lowest BCUT2D eigenvalue weighted by atomic mass is 10.1. The molecule has 0 bridgehead atoms. The van der Waals surface area contributed by atoms with Gasteiger partial charge in [0.05, 0.1) is 21.9 Å². The maximum Gasteiger partial charge on any atom is 0.335 e. The molecule has 17 heavy (non-hydrogen) atoms. The molecule has 94 valence electrons. The highest BCUT2D eigenvalue weighted by molar-refractivity contribution is 6.33. The van der Waals surface area contributed by atoms with Gasteiger partial charge in [0, 0.05) is 13.7 Å². The van der Waals surface area contributed by atoms with Crippen LogP contribution in [0.25, 0.3) is 0 Å². The molecule has 0 radical (unpaired) electrons. The number of anilines is 1. The van der Waals surface area contributed by atoms with E-state index in [9.17, 15) is 4.79 Å². The lowest BCUT2D eigenvalue weighted by molar-refractivity contribution is 0.0343. The van der Waals surface area contributed by atoms with E-state index in [1.54, 1.807) is 13.2 Å². The number of rotatable bonds is 5. The number of carbonyl (C=O) groups is 1. The fourth-order valence-corrected chi connectivity index (χ4v) is 1.42. The summed E-state index contributed by atoms with van der Waals surface area (Å²) in [6.45, 7) is 4.47. The third-order valence-corrected chi connectivity index (χ3v) is 2.79. The standard InChI is InChI=1S/C12H16ClNO3/c1-12(2,17-3)7-14-10-5-4-8(11(15)16)6-9(10)13/h4-6,14H,7H2,1-3H3,(H,15,16). The molecule has 0 aliphatic carbocycles. The summed E-state index contributed by atoms with van der Waals surface area (Å²) >= 11 is 5.98. The summed E-state index contributed by atoms with van der Waals surface area (Å²) in [6, 6.07) is 4.58. The van der Waals surface area contributed by atoms with Gasteiger partial charge in [-0.2, -0.15) is 0 Å². The van der Waals surface area contributed by atoms with Crippen LogP contribution in [0.3, 0.4) is 0 Å². The van der Waals surface area contributed by atoms with Crippen LogP contribution in [-0.4, -0.2) is 30.3 Å². The molecule has 0 heterocycles. The second-order valence-electron chi connectivity index (χ2n) is 4.32. The summed E-state index contributed by atoms with van der Waals surface area (Å²) in [5.41, 5.74) is 0.558. The molecule has 0 aliphatic rings. The minimum absolute atomic E-state index is 0.173. The Morgan fingerprint density at radius 1 is 1.53 bits per heavy atom. The zero-order chi connectivity index (χ0) is 13.1. The Labute approximate surface area is 106 Å². The number of aromatic carboxylic acids is 1. The van der Waals surface area contributed by atoms with E-state index >= 15 is 0 Å². The lowest BCUT2D eigenvalue weighted by Crippen LogP contribution is -2.32. The van der Waals surface area contributed by atoms with Gasteiger partial charge in [-0.15, -0.1) is 0 Å². The second-order valence-corrected chi connectivity index (χ2v) is 4.72. The van der Waals surface area contributed by atoms with Crippen molar-refractivity contribution in [1.82, 2.24) is 0 Å². The number of benzene rings is 1. The normalized spacial score (nSPS) is 11.3. The Bertz CT molecular complexity index is 418. The van der Waals surface area contributed by atoms with Crippen molar-refractivity contribution in [3.8, 4) is 0 Å². The van der Waals surface area contributed by atoms with E-state index in [4.69, 9.17) is 21.4 Å². The maximum atomic E-state index is 10.7. The highest BCUT2D eigenvalue weighted by Gasteiger charge is 2.16. The van der Waals surface area contributed by atoms with Crippen molar-refractivity contribution in [3.63, 3.8) is 0 Å². The Morgan fingerprint density at radius 3 is 2.65 bits per heavy atom. The van der Waals surface area contributed by atoms with Crippen LogP contribution in [0.4, 0.5) is 5.69 Å².